The molecule has 1 fully saturated rings. The van der Waals surface area contributed by atoms with Crippen LogP contribution in [0.1, 0.15) is 29.6 Å². The quantitative estimate of drug-likeness (QED) is 0.892. The summed E-state index contributed by atoms with van der Waals surface area (Å²) in [6.07, 6.45) is 1.44. The topological polar surface area (TPSA) is 58.6 Å². The van der Waals surface area contributed by atoms with Crippen molar-refractivity contribution in [2.24, 2.45) is 0 Å². The Bertz CT molecular complexity index is 591. The fourth-order valence-electron chi connectivity index (χ4n) is 3.13. The molecule has 1 aromatic carbocycles. The number of benzene rings is 1. The van der Waals surface area contributed by atoms with Gasteiger partial charge in [-0.25, -0.2) is 4.39 Å². The van der Waals surface area contributed by atoms with Crippen LogP contribution < -0.4 is 5.32 Å². The minimum absolute atomic E-state index is 0.0631. The summed E-state index contributed by atoms with van der Waals surface area (Å²) in [5, 5.41) is 2.63. The third-order valence-electron chi connectivity index (χ3n) is 4.20. The van der Waals surface area contributed by atoms with Crippen LogP contribution in [-0.2, 0) is 9.53 Å². The lowest BCUT2D eigenvalue weighted by molar-refractivity contribution is -0.123. The first-order valence-electron chi connectivity index (χ1n) is 7.40. The molecule has 0 aliphatic carbocycles. The molecule has 1 aliphatic rings. The summed E-state index contributed by atoms with van der Waals surface area (Å²) in [6, 6.07) is 4.13. The van der Waals surface area contributed by atoms with Crippen molar-refractivity contribution in [1.82, 2.24) is 10.2 Å². The van der Waals surface area contributed by atoms with Gasteiger partial charge in [0, 0.05) is 20.7 Å². The van der Waals surface area contributed by atoms with Gasteiger partial charge in [0.25, 0.3) is 5.91 Å². The van der Waals surface area contributed by atoms with Crippen molar-refractivity contribution in [3.63, 3.8) is 0 Å². The SMILES string of the molecule is CNC(=O)C[C@@]1(COC)CCCN1C(=O)c1c(F)cccc1Cl. The van der Waals surface area contributed by atoms with E-state index in [4.69, 9.17) is 16.3 Å². The number of amides is 2. The fourth-order valence-corrected chi connectivity index (χ4v) is 3.38. The summed E-state index contributed by atoms with van der Waals surface area (Å²) in [4.78, 5) is 26.3. The first-order valence-corrected chi connectivity index (χ1v) is 7.78. The second-order valence-corrected chi connectivity index (χ2v) is 6.07. The number of halogens is 2. The summed E-state index contributed by atoms with van der Waals surface area (Å²) >= 11 is 6.01. The lowest BCUT2D eigenvalue weighted by atomic mass is 9.91. The van der Waals surface area contributed by atoms with Gasteiger partial charge < -0.3 is 15.0 Å². The largest absolute Gasteiger partial charge is 0.382 e. The number of nitrogens with one attached hydrogen (secondary N) is 1. The minimum atomic E-state index is -0.780. The summed E-state index contributed by atoms with van der Waals surface area (Å²) in [5.41, 5.74) is -0.939. The maximum Gasteiger partial charge on any atom is 0.258 e. The molecule has 0 radical (unpaired) electrons. The van der Waals surface area contributed by atoms with Crippen LogP contribution in [-0.4, -0.2) is 49.6 Å². The molecule has 1 heterocycles. The molecule has 5 nitrogen and oxygen atoms in total. The molecule has 7 heteroatoms. The van der Waals surface area contributed by atoms with Gasteiger partial charge in [0.1, 0.15) is 5.82 Å². The molecular weight excluding hydrogens is 323 g/mol. The molecule has 2 rings (SSSR count). The Balaban J connectivity index is 2.38. The highest BCUT2D eigenvalue weighted by Gasteiger charge is 2.46. The van der Waals surface area contributed by atoms with Gasteiger partial charge in [-0.1, -0.05) is 17.7 Å². The van der Waals surface area contributed by atoms with Crippen molar-refractivity contribution in [3.05, 3.63) is 34.6 Å². The average Bonchev–Trinajstić information content (AvgIpc) is 2.90. The lowest BCUT2D eigenvalue weighted by Crippen LogP contribution is -2.53. The third kappa shape index (κ3) is 3.48. The number of carbonyl (C=O) groups is 2. The zero-order valence-corrected chi connectivity index (χ0v) is 14.0. The first-order chi connectivity index (χ1) is 10.9. The van der Waals surface area contributed by atoms with Crippen molar-refractivity contribution in [2.45, 2.75) is 24.8 Å². The van der Waals surface area contributed by atoms with Gasteiger partial charge in [-0.15, -0.1) is 0 Å². The van der Waals surface area contributed by atoms with Gasteiger partial charge in [0.2, 0.25) is 5.91 Å². The maximum atomic E-state index is 14.1. The van der Waals surface area contributed by atoms with E-state index in [2.05, 4.69) is 5.32 Å². The van der Waals surface area contributed by atoms with Gasteiger partial charge in [-0.3, -0.25) is 9.59 Å². The predicted molar refractivity (Wildman–Crippen MR) is 85.0 cm³/mol. The normalized spacial score (nSPS) is 20.6. The van der Waals surface area contributed by atoms with E-state index >= 15 is 0 Å². The Morgan fingerprint density at radius 3 is 2.83 bits per heavy atom. The minimum Gasteiger partial charge on any atom is -0.382 e. The molecule has 2 amide bonds. The molecule has 0 spiro atoms. The van der Waals surface area contributed by atoms with Gasteiger partial charge in [0.05, 0.1) is 29.2 Å². The monoisotopic (exact) mass is 342 g/mol. The number of hydrogen-bond donors (Lipinski definition) is 1. The number of likely N-dealkylation sites (tertiary alicyclic amines) is 1. The molecule has 1 aromatic rings. The molecule has 23 heavy (non-hydrogen) atoms. The number of nitrogens with zero attached hydrogens (tertiary/aromatic N) is 1. The Morgan fingerprint density at radius 2 is 2.22 bits per heavy atom. The van der Waals surface area contributed by atoms with Gasteiger partial charge in [0.15, 0.2) is 0 Å². The molecule has 1 N–H and O–H groups in total. The average molecular weight is 343 g/mol. The molecule has 126 valence electrons. The van der Waals surface area contributed by atoms with Crippen molar-refractivity contribution in [2.75, 3.05) is 27.3 Å². The second kappa shape index (κ2) is 7.27. The Labute approximate surface area is 139 Å². The molecule has 1 saturated heterocycles. The van der Waals surface area contributed by atoms with Crippen molar-refractivity contribution in [1.29, 1.82) is 0 Å². The van der Waals surface area contributed by atoms with Crippen molar-refractivity contribution in [3.8, 4) is 0 Å². The fraction of sp³-hybridized carbons (Fsp3) is 0.500. The number of rotatable bonds is 5. The molecule has 0 unspecified atom stereocenters. The maximum absolute atomic E-state index is 14.1. The van der Waals surface area contributed by atoms with E-state index in [-0.39, 0.29) is 29.5 Å². The van der Waals surface area contributed by atoms with E-state index in [1.807, 2.05) is 0 Å². The Morgan fingerprint density at radius 1 is 1.48 bits per heavy atom. The molecular formula is C16H20ClFN2O3. The lowest BCUT2D eigenvalue weighted by Gasteiger charge is -2.37. The summed E-state index contributed by atoms with van der Waals surface area (Å²) in [5.74, 6) is -1.37. The zero-order chi connectivity index (χ0) is 17.0. The highest BCUT2D eigenvalue weighted by atomic mass is 35.5. The molecule has 1 aliphatic heterocycles. The highest BCUT2D eigenvalue weighted by Crippen LogP contribution is 2.35. The first kappa shape index (κ1) is 17.7. The zero-order valence-electron chi connectivity index (χ0n) is 13.2. The summed E-state index contributed by atoms with van der Waals surface area (Å²) in [7, 11) is 3.06. The van der Waals surface area contributed by atoms with Gasteiger partial charge in [-0.2, -0.15) is 0 Å². The Hall–Kier alpha value is -1.66. The Kier molecular flexibility index (Phi) is 5.59. The predicted octanol–water partition coefficient (Wildman–Crippen LogP) is 2.24. The van der Waals surface area contributed by atoms with E-state index in [1.165, 1.54) is 37.3 Å². The molecule has 0 bridgehead atoms. The van der Waals surface area contributed by atoms with Crippen LogP contribution in [0, 0.1) is 5.82 Å². The molecule has 1 atom stereocenters. The number of carbonyl (C=O) groups excluding carboxylic acids is 2. The second-order valence-electron chi connectivity index (χ2n) is 5.66. The van der Waals surface area contributed by atoms with E-state index in [9.17, 15) is 14.0 Å². The van der Waals surface area contributed by atoms with Crippen LogP contribution >= 0.6 is 11.6 Å². The molecule has 0 saturated carbocycles. The number of hydrogen-bond acceptors (Lipinski definition) is 3. The highest BCUT2D eigenvalue weighted by molar-refractivity contribution is 6.33. The van der Waals surface area contributed by atoms with Crippen molar-refractivity contribution >= 4 is 23.4 Å². The molecule has 0 aromatic heterocycles. The van der Waals surface area contributed by atoms with Crippen LogP contribution in [0.3, 0.4) is 0 Å². The van der Waals surface area contributed by atoms with Crippen LogP contribution in [0.4, 0.5) is 4.39 Å². The van der Waals surface area contributed by atoms with E-state index in [1.54, 1.807) is 0 Å². The van der Waals surface area contributed by atoms with Crippen molar-refractivity contribution < 1.29 is 18.7 Å². The standard InChI is InChI=1S/C16H20ClFN2O3/c1-19-13(21)9-16(10-23-2)7-4-8-20(16)15(22)14-11(17)5-3-6-12(14)18/h3,5-6H,4,7-10H2,1-2H3,(H,19,21)/t16-/m1/s1. The van der Waals surface area contributed by atoms with Crippen LogP contribution in [0.5, 0.6) is 0 Å². The number of ether oxygens (including phenoxy) is 1. The summed E-state index contributed by atoms with van der Waals surface area (Å²) < 4.78 is 19.3. The number of methoxy groups -OCH3 is 1. The van der Waals surface area contributed by atoms with E-state index in [0.717, 1.165) is 6.42 Å². The van der Waals surface area contributed by atoms with Crippen LogP contribution in [0.25, 0.3) is 0 Å². The van der Waals surface area contributed by atoms with E-state index < -0.39 is 17.3 Å². The third-order valence-corrected chi connectivity index (χ3v) is 4.51. The summed E-state index contributed by atoms with van der Waals surface area (Å²) in [6.45, 7) is 0.641. The van der Waals surface area contributed by atoms with E-state index in [0.29, 0.717) is 13.0 Å². The van der Waals surface area contributed by atoms with Crippen LogP contribution in [0.15, 0.2) is 18.2 Å². The van der Waals surface area contributed by atoms with Gasteiger partial charge >= 0.3 is 0 Å². The van der Waals surface area contributed by atoms with Gasteiger partial charge in [-0.05, 0) is 25.0 Å². The smallest absolute Gasteiger partial charge is 0.258 e. The van der Waals surface area contributed by atoms with Crippen LogP contribution in [0.2, 0.25) is 5.02 Å².